The van der Waals surface area contributed by atoms with E-state index in [4.69, 9.17) is 0 Å². The second kappa shape index (κ2) is 7.18. The molecule has 4 heteroatoms. The average molecular weight is 334 g/mol. The van der Waals surface area contributed by atoms with Crippen LogP contribution in [0.1, 0.15) is 44.9 Å². The van der Waals surface area contributed by atoms with Crippen molar-refractivity contribution in [2.45, 2.75) is 44.9 Å². The lowest BCUT2D eigenvalue weighted by Crippen LogP contribution is -2.37. The van der Waals surface area contributed by atoms with Gasteiger partial charge in [-0.15, -0.1) is 0 Å². The van der Waals surface area contributed by atoms with Crippen LogP contribution in [0.3, 0.4) is 0 Å². The number of carbonyl (C=O) groups is 1. The zero-order valence-corrected chi connectivity index (χ0v) is 13.5. The quantitative estimate of drug-likeness (QED) is 0.715. The molecule has 2 fully saturated rings. The Morgan fingerprint density at radius 2 is 1.78 bits per heavy atom. The first kappa shape index (κ1) is 14.7. The van der Waals surface area contributed by atoms with Crippen molar-refractivity contribution in [2.75, 3.05) is 29.9 Å². The number of thioether (sulfide) groups is 1. The van der Waals surface area contributed by atoms with Gasteiger partial charge in [0.15, 0.2) is 0 Å². The molecule has 18 heavy (non-hydrogen) atoms. The number of alkyl halides is 1. The first-order valence-electron chi connectivity index (χ1n) is 7.17. The van der Waals surface area contributed by atoms with Gasteiger partial charge in [0.1, 0.15) is 0 Å². The van der Waals surface area contributed by atoms with E-state index < -0.39 is 0 Å². The van der Waals surface area contributed by atoms with Gasteiger partial charge in [-0.1, -0.05) is 28.8 Å². The first-order valence-corrected chi connectivity index (χ1v) is 9.45. The standard InChI is InChI=1S/C14H24BrNOS/c15-11-14(6-2-3-7-14)12-18-10-13(17)16-8-4-1-5-9-16/h1-12H2. The molecule has 0 radical (unpaired) electrons. The summed E-state index contributed by atoms with van der Waals surface area (Å²) in [5.74, 6) is 2.20. The molecule has 2 nitrogen and oxygen atoms in total. The molecule has 104 valence electrons. The molecule has 0 bridgehead atoms. The monoisotopic (exact) mass is 333 g/mol. The summed E-state index contributed by atoms with van der Waals surface area (Å²) < 4.78 is 0. The maximum atomic E-state index is 12.1. The molecule has 2 aliphatic rings. The van der Waals surface area contributed by atoms with Crippen LogP contribution in [0.15, 0.2) is 0 Å². The molecule has 1 saturated carbocycles. The first-order chi connectivity index (χ1) is 8.76. The van der Waals surface area contributed by atoms with Gasteiger partial charge in [0, 0.05) is 24.2 Å². The third kappa shape index (κ3) is 3.89. The van der Waals surface area contributed by atoms with E-state index >= 15 is 0 Å². The number of halogens is 1. The molecule has 1 saturated heterocycles. The maximum absolute atomic E-state index is 12.1. The summed E-state index contributed by atoms with van der Waals surface area (Å²) in [6.45, 7) is 1.98. The van der Waals surface area contributed by atoms with Crippen molar-refractivity contribution >= 4 is 33.6 Å². The molecule has 0 spiro atoms. The minimum atomic E-state index is 0.363. The minimum absolute atomic E-state index is 0.363. The van der Waals surface area contributed by atoms with Crippen LogP contribution in [0.4, 0.5) is 0 Å². The minimum Gasteiger partial charge on any atom is -0.342 e. The Balaban J connectivity index is 1.69. The summed E-state index contributed by atoms with van der Waals surface area (Å²) in [5, 5.41) is 1.10. The van der Waals surface area contributed by atoms with Crippen LogP contribution in [0.2, 0.25) is 0 Å². The second-order valence-corrected chi connectivity index (χ2v) is 7.32. The largest absolute Gasteiger partial charge is 0.342 e. The van der Waals surface area contributed by atoms with E-state index in [-0.39, 0.29) is 0 Å². The number of rotatable bonds is 5. The van der Waals surface area contributed by atoms with E-state index in [1.54, 1.807) is 0 Å². The highest BCUT2D eigenvalue weighted by Crippen LogP contribution is 2.42. The van der Waals surface area contributed by atoms with Crippen molar-refractivity contribution in [1.82, 2.24) is 4.90 Å². The molecule has 1 aliphatic heterocycles. The lowest BCUT2D eigenvalue weighted by Gasteiger charge is -2.28. The van der Waals surface area contributed by atoms with E-state index in [1.807, 2.05) is 11.8 Å². The fraction of sp³-hybridized carbons (Fsp3) is 0.929. The van der Waals surface area contributed by atoms with Gasteiger partial charge in [0.2, 0.25) is 5.91 Å². The van der Waals surface area contributed by atoms with Crippen molar-refractivity contribution in [2.24, 2.45) is 5.41 Å². The molecule has 0 aromatic rings. The van der Waals surface area contributed by atoms with Crippen LogP contribution in [-0.2, 0) is 4.79 Å². The van der Waals surface area contributed by atoms with E-state index in [2.05, 4.69) is 20.8 Å². The summed E-state index contributed by atoms with van der Waals surface area (Å²) in [7, 11) is 0. The normalized spacial score (nSPS) is 23.3. The van der Waals surface area contributed by atoms with Crippen LogP contribution >= 0.6 is 27.7 Å². The van der Waals surface area contributed by atoms with Crippen molar-refractivity contribution in [3.05, 3.63) is 0 Å². The van der Waals surface area contributed by atoms with Gasteiger partial charge in [-0.05, 0) is 37.5 Å². The average Bonchev–Trinajstić information content (AvgIpc) is 2.89. The highest BCUT2D eigenvalue weighted by molar-refractivity contribution is 9.09. The van der Waals surface area contributed by atoms with Gasteiger partial charge in [0.25, 0.3) is 0 Å². The highest BCUT2D eigenvalue weighted by atomic mass is 79.9. The van der Waals surface area contributed by atoms with Gasteiger partial charge < -0.3 is 4.90 Å². The summed E-state index contributed by atoms with van der Waals surface area (Å²) in [5.41, 5.74) is 0.479. The smallest absolute Gasteiger partial charge is 0.232 e. The van der Waals surface area contributed by atoms with Crippen LogP contribution in [0.25, 0.3) is 0 Å². The Hall–Kier alpha value is 0.300. The Kier molecular flexibility index (Phi) is 5.87. The Labute approximate surface area is 123 Å². The van der Waals surface area contributed by atoms with Crippen LogP contribution in [-0.4, -0.2) is 40.7 Å². The third-order valence-electron chi connectivity index (χ3n) is 4.29. The van der Waals surface area contributed by atoms with E-state index in [1.165, 1.54) is 44.9 Å². The molecule has 1 amide bonds. The molecule has 0 N–H and O–H groups in total. The van der Waals surface area contributed by atoms with Gasteiger partial charge in [-0.2, -0.15) is 11.8 Å². The molecule has 2 rings (SSSR count). The van der Waals surface area contributed by atoms with Crippen LogP contribution < -0.4 is 0 Å². The Bertz CT molecular complexity index is 273. The molecular weight excluding hydrogens is 310 g/mol. The predicted molar refractivity (Wildman–Crippen MR) is 82.5 cm³/mol. The fourth-order valence-electron chi connectivity index (χ4n) is 3.03. The number of piperidine rings is 1. The van der Waals surface area contributed by atoms with Gasteiger partial charge in [0.05, 0.1) is 5.75 Å². The Morgan fingerprint density at radius 1 is 1.11 bits per heavy atom. The number of carbonyl (C=O) groups excluding carboxylic acids is 1. The van der Waals surface area contributed by atoms with E-state index in [0.29, 0.717) is 17.1 Å². The lowest BCUT2D eigenvalue weighted by atomic mass is 9.92. The number of hydrogen-bond acceptors (Lipinski definition) is 2. The maximum Gasteiger partial charge on any atom is 0.232 e. The Morgan fingerprint density at radius 3 is 2.39 bits per heavy atom. The van der Waals surface area contributed by atoms with Crippen molar-refractivity contribution in [3.63, 3.8) is 0 Å². The van der Waals surface area contributed by atoms with Crippen LogP contribution in [0.5, 0.6) is 0 Å². The number of nitrogens with zero attached hydrogens (tertiary/aromatic N) is 1. The SMILES string of the molecule is O=C(CSCC1(CBr)CCCC1)N1CCCCC1. The van der Waals surface area contributed by atoms with Gasteiger partial charge in [-0.3, -0.25) is 4.79 Å². The summed E-state index contributed by atoms with van der Waals surface area (Å²) in [6, 6.07) is 0. The molecule has 0 atom stereocenters. The van der Waals surface area contributed by atoms with Crippen molar-refractivity contribution in [1.29, 1.82) is 0 Å². The topological polar surface area (TPSA) is 20.3 Å². The lowest BCUT2D eigenvalue weighted by molar-refractivity contribution is -0.129. The van der Waals surface area contributed by atoms with Crippen molar-refractivity contribution in [3.8, 4) is 0 Å². The van der Waals surface area contributed by atoms with E-state index in [0.717, 1.165) is 24.2 Å². The summed E-state index contributed by atoms with van der Waals surface area (Å²) >= 11 is 5.52. The molecule has 1 heterocycles. The molecule has 0 aromatic carbocycles. The second-order valence-electron chi connectivity index (χ2n) is 5.77. The van der Waals surface area contributed by atoms with Crippen LogP contribution in [0, 0.1) is 5.41 Å². The molecule has 0 unspecified atom stereocenters. The van der Waals surface area contributed by atoms with Crippen molar-refractivity contribution < 1.29 is 4.79 Å². The molecule has 0 aromatic heterocycles. The van der Waals surface area contributed by atoms with E-state index in [9.17, 15) is 4.79 Å². The zero-order chi connectivity index (χ0) is 12.8. The molecule has 1 aliphatic carbocycles. The van der Waals surface area contributed by atoms with Gasteiger partial charge in [-0.25, -0.2) is 0 Å². The zero-order valence-electron chi connectivity index (χ0n) is 11.1. The fourth-order valence-corrected chi connectivity index (χ4v) is 5.34. The number of hydrogen-bond donors (Lipinski definition) is 0. The number of amides is 1. The van der Waals surface area contributed by atoms with Gasteiger partial charge >= 0.3 is 0 Å². The predicted octanol–water partition coefficient (Wildman–Crippen LogP) is 3.69. The highest BCUT2D eigenvalue weighted by Gasteiger charge is 2.32. The summed E-state index contributed by atoms with van der Waals surface area (Å²) in [4.78, 5) is 14.1. The number of likely N-dealkylation sites (tertiary alicyclic amines) is 1. The third-order valence-corrected chi connectivity index (χ3v) is 6.75. The molecular formula is C14H24BrNOS. The summed E-state index contributed by atoms with van der Waals surface area (Å²) in [6.07, 6.45) is 9.10.